The highest BCUT2D eigenvalue weighted by Crippen LogP contribution is 2.24. The SMILES string of the molecule is COC(C)N/C(=C/O)c1ccc(-c2ccc(OCCOC3CCCCO3)cc2)cc1. The molecule has 0 amide bonds. The molecule has 1 aliphatic rings. The minimum atomic E-state index is -0.198. The molecular weight excluding hydrogens is 382 g/mol. The quantitative estimate of drug-likeness (QED) is 0.334. The molecule has 1 heterocycles. The monoisotopic (exact) mass is 413 g/mol. The molecule has 0 spiro atoms. The predicted octanol–water partition coefficient (Wildman–Crippen LogP) is 4.71. The standard InChI is InChI=1S/C24H31NO5/c1-18(27-2)25-23(17-26)21-8-6-19(7-9-21)20-10-12-22(13-11-20)28-15-16-30-24-5-3-4-14-29-24/h6-13,17-18,24-26H,3-5,14-16H2,1-2H3/b23-17+. The molecule has 3 rings (SSSR count). The Balaban J connectivity index is 1.50. The molecule has 30 heavy (non-hydrogen) atoms. The van der Waals surface area contributed by atoms with Crippen LogP contribution in [0.3, 0.4) is 0 Å². The molecule has 0 bridgehead atoms. The summed E-state index contributed by atoms with van der Waals surface area (Å²) in [6, 6.07) is 15.9. The van der Waals surface area contributed by atoms with Crippen molar-refractivity contribution in [3.05, 3.63) is 60.4 Å². The van der Waals surface area contributed by atoms with Gasteiger partial charge in [0.1, 0.15) is 24.8 Å². The Morgan fingerprint density at radius 1 is 1.10 bits per heavy atom. The fraction of sp³-hybridized carbons (Fsp3) is 0.417. The van der Waals surface area contributed by atoms with Gasteiger partial charge in [0.15, 0.2) is 6.29 Å². The molecule has 0 aromatic heterocycles. The first kappa shape index (κ1) is 22.2. The summed E-state index contributed by atoms with van der Waals surface area (Å²) < 4.78 is 22.2. The number of benzene rings is 2. The molecule has 1 fully saturated rings. The van der Waals surface area contributed by atoms with Crippen LogP contribution in [-0.2, 0) is 14.2 Å². The lowest BCUT2D eigenvalue weighted by Crippen LogP contribution is -2.26. The first-order valence-corrected chi connectivity index (χ1v) is 10.4. The van der Waals surface area contributed by atoms with Crippen LogP contribution >= 0.6 is 0 Å². The van der Waals surface area contributed by atoms with Gasteiger partial charge in [-0.1, -0.05) is 36.4 Å². The zero-order valence-electron chi connectivity index (χ0n) is 17.7. The molecule has 6 heteroatoms. The molecule has 1 saturated heterocycles. The Morgan fingerprint density at radius 3 is 2.40 bits per heavy atom. The van der Waals surface area contributed by atoms with Crippen LogP contribution in [0.2, 0.25) is 0 Å². The van der Waals surface area contributed by atoms with Gasteiger partial charge in [0.25, 0.3) is 0 Å². The third-order valence-corrected chi connectivity index (χ3v) is 5.02. The van der Waals surface area contributed by atoms with Crippen LogP contribution in [0.25, 0.3) is 16.8 Å². The Labute approximate surface area is 178 Å². The second-order valence-corrected chi connectivity index (χ2v) is 7.18. The lowest BCUT2D eigenvalue weighted by Gasteiger charge is -2.22. The number of ether oxygens (including phenoxy) is 4. The molecule has 2 aromatic rings. The second kappa shape index (κ2) is 11.6. The summed E-state index contributed by atoms with van der Waals surface area (Å²) in [6.07, 6.45) is 4.02. The van der Waals surface area contributed by atoms with E-state index in [-0.39, 0.29) is 12.5 Å². The van der Waals surface area contributed by atoms with Gasteiger partial charge in [0.2, 0.25) is 0 Å². The van der Waals surface area contributed by atoms with Crippen molar-refractivity contribution < 1.29 is 24.1 Å². The van der Waals surface area contributed by atoms with Gasteiger partial charge in [-0.3, -0.25) is 0 Å². The van der Waals surface area contributed by atoms with E-state index in [0.717, 1.165) is 54.6 Å². The molecule has 2 atom stereocenters. The van der Waals surface area contributed by atoms with Crippen molar-refractivity contribution in [2.75, 3.05) is 26.9 Å². The number of hydrogen-bond donors (Lipinski definition) is 2. The molecule has 2 aromatic carbocycles. The summed E-state index contributed by atoms with van der Waals surface area (Å²) in [5.41, 5.74) is 3.67. The smallest absolute Gasteiger partial charge is 0.157 e. The zero-order chi connectivity index (χ0) is 21.2. The van der Waals surface area contributed by atoms with E-state index in [2.05, 4.69) is 5.32 Å². The number of aliphatic hydroxyl groups is 1. The van der Waals surface area contributed by atoms with E-state index in [1.54, 1.807) is 7.11 Å². The summed E-state index contributed by atoms with van der Waals surface area (Å²) >= 11 is 0. The lowest BCUT2D eigenvalue weighted by atomic mass is 10.0. The van der Waals surface area contributed by atoms with Gasteiger partial charge in [-0.05, 0) is 49.4 Å². The third kappa shape index (κ3) is 6.49. The third-order valence-electron chi connectivity index (χ3n) is 5.02. The number of hydrogen-bond acceptors (Lipinski definition) is 6. The molecule has 1 aliphatic heterocycles. The minimum Gasteiger partial charge on any atom is -0.513 e. The van der Waals surface area contributed by atoms with Crippen LogP contribution < -0.4 is 10.1 Å². The lowest BCUT2D eigenvalue weighted by molar-refractivity contribution is -0.165. The highest BCUT2D eigenvalue weighted by molar-refractivity contribution is 5.69. The first-order valence-electron chi connectivity index (χ1n) is 10.4. The van der Waals surface area contributed by atoms with Crippen LogP contribution in [0, 0.1) is 0 Å². The van der Waals surface area contributed by atoms with Crippen LogP contribution in [0.5, 0.6) is 5.75 Å². The highest BCUT2D eigenvalue weighted by atomic mass is 16.7. The molecule has 0 saturated carbocycles. The maximum atomic E-state index is 9.49. The molecule has 2 unspecified atom stereocenters. The summed E-state index contributed by atoms with van der Waals surface area (Å²) in [5.74, 6) is 0.812. The van der Waals surface area contributed by atoms with Crippen molar-refractivity contribution in [2.45, 2.75) is 38.7 Å². The largest absolute Gasteiger partial charge is 0.513 e. The summed E-state index contributed by atoms with van der Waals surface area (Å²) in [6.45, 7) is 3.67. The Bertz CT molecular complexity index is 782. The Kier molecular flexibility index (Phi) is 8.56. The molecule has 162 valence electrons. The van der Waals surface area contributed by atoms with Crippen LogP contribution in [-0.4, -0.2) is 44.6 Å². The highest BCUT2D eigenvalue weighted by Gasteiger charge is 2.13. The first-order chi connectivity index (χ1) is 14.7. The minimum absolute atomic E-state index is 0.0817. The van der Waals surface area contributed by atoms with Gasteiger partial charge < -0.3 is 29.4 Å². The Hall–Kier alpha value is -2.54. The van der Waals surface area contributed by atoms with Crippen molar-refractivity contribution in [3.8, 4) is 16.9 Å². The molecule has 2 N–H and O–H groups in total. The van der Waals surface area contributed by atoms with Gasteiger partial charge >= 0.3 is 0 Å². The van der Waals surface area contributed by atoms with Crippen molar-refractivity contribution in [3.63, 3.8) is 0 Å². The topological polar surface area (TPSA) is 69.2 Å². The predicted molar refractivity (Wildman–Crippen MR) is 117 cm³/mol. The van der Waals surface area contributed by atoms with E-state index in [1.165, 1.54) is 0 Å². The fourth-order valence-corrected chi connectivity index (χ4v) is 3.24. The summed E-state index contributed by atoms with van der Waals surface area (Å²) in [4.78, 5) is 0. The maximum absolute atomic E-state index is 9.49. The van der Waals surface area contributed by atoms with Crippen LogP contribution in [0.4, 0.5) is 0 Å². The van der Waals surface area contributed by atoms with Crippen LogP contribution in [0.15, 0.2) is 54.8 Å². The van der Waals surface area contributed by atoms with Crippen LogP contribution in [0.1, 0.15) is 31.7 Å². The normalized spacial score (nSPS) is 18.1. The van der Waals surface area contributed by atoms with E-state index in [4.69, 9.17) is 18.9 Å². The molecular formula is C24H31NO5. The van der Waals surface area contributed by atoms with Crippen molar-refractivity contribution in [1.82, 2.24) is 5.32 Å². The van der Waals surface area contributed by atoms with Gasteiger partial charge in [-0.2, -0.15) is 0 Å². The fourth-order valence-electron chi connectivity index (χ4n) is 3.24. The number of nitrogens with one attached hydrogen (secondary N) is 1. The van der Waals surface area contributed by atoms with Gasteiger partial charge in [0.05, 0.1) is 12.3 Å². The summed E-state index contributed by atoms with van der Waals surface area (Å²) in [7, 11) is 1.61. The van der Waals surface area contributed by atoms with E-state index in [0.29, 0.717) is 18.9 Å². The number of rotatable bonds is 10. The van der Waals surface area contributed by atoms with Gasteiger partial charge in [-0.25, -0.2) is 0 Å². The average molecular weight is 414 g/mol. The number of aliphatic hydroxyl groups excluding tert-OH is 1. The van der Waals surface area contributed by atoms with E-state index < -0.39 is 0 Å². The maximum Gasteiger partial charge on any atom is 0.157 e. The zero-order valence-corrected chi connectivity index (χ0v) is 17.7. The van der Waals surface area contributed by atoms with Crippen molar-refractivity contribution >= 4 is 5.70 Å². The Morgan fingerprint density at radius 2 is 1.80 bits per heavy atom. The van der Waals surface area contributed by atoms with Gasteiger partial charge in [-0.15, -0.1) is 0 Å². The van der Waals surface area contributed by atoms with E-state index in [9.17, 15) is 5.11 Å². The number of methoxy groups -OCH3 is 1. The molecule has 6 nitrogen and oxygen atoms in total. The summed E-state index contributed by atoms with van der Waals surface area (Å²) in [5, 5.41) is 12.6. The van der Waals surface area contributed by atoms with Gasteiger partial charge in [0, 0.05) is 19.3 Å². The average Bonchev–Trinajstić information content (AvgIpc) is 2.81. The molecule has 0 aliphatic carbocycles. The van der Waals surface area contributed by atoms with E-state index in [1.807, 2.05) is 55.5 Å². The van der Waals surface area contributed by atoms with Crippen molar-refractivity contribution in [2.24, 2.45) is 0 Å². The van der Waals surface area contributed by atoms with Crippen molar-refractivity contribution in [1.29, 1.82) is 0 Å². The second-order valence-electron chi connectivity index (χ2n) is 7.18. The molecule has 0 radical (unpaired) electrons. The van der Waals surface area contributed by atoms with E-state index >= 15 is 0 Å².